The summed E-state index contributed by atoms with van der Waals surface area (Å²) in [6.45, 7) is 3.25. The van der Waals surface area contributed by atoms with E-state index >= 15 is 0 Å². The molecule has 1 unspecified atom stereocenters. The minimum absolute atomic E-state index is 0.125. The third kappa shape index (κ3) is 5.60. The normalized spacial score (nSPS) is 11.5. The van der Waals surface area contributed by atoms with E-state index in [1.54, 1.807) is 13.3 Å². The average Bonchev–Trinajstić information content (AvgIpc) is 2.72. The van der Waals surface area contributed by atoms with E-state index in [-0.39, 0.29) is 6.04 Å². The van der Waals surface area contributed by atoms with Gasteiger partial charge in [0, 0.05) is 6.20 Å². The molecule has 1 heterocycles. The molecule has 0 bridgehead atoms. The zero-order valence-electron chi connectivity index (χ0n) is 15.6. The zero-order chi connectivity index (χ0) is 18.9. The van der Waals surface area contributed by atoms with Crippen LogP contribution in [0.25, 0.3) is 0 Å². The summed E-state index contributed by atoms with van der Waals surface area (Å²) in [5.74, 6) is 2.96. The van der Waals surface area contributed by atoms with E-state index in [1.165, 1.54) is 5.56 Å². The first-order valence-corrected chi connectivity index (χ1v) is 8.90. The highest BCUT2D eigenvalue weighted by Crippen LogP contribution is 2.18. The van der Waals surface area contributed by atoms with Crippen molar-refractivity contribution in [1.29, 1.82) is 0 Å². The monoisotopic (exact) mass is 364 g/mol. The second-order valence-corrected chi connectivity index (χ2v) is 5.99. The van der Waals surface area contributed by atoms with Crippen molar-refractivity contribution in [3.05, 3.63) is 72.4 Å². The Morgan fingerprint density at radius 3 is 2.44 bits per heavy atom. The lowest BCUT2D eigenvalue weighted by Crippen LogP contribution is -2.14. The fourth-order valence-electron chi connectivity index (χ4n) is 2.57. The molecular formula is C21H24N4O2. The molecule has 0 radical (unpaired) electrons. The molecule has 0 saturated heterocycles. The first-order valence-electron chi connectivity index (χ1n) is 8.90. The molecule has 2 aromatic carbocycles. The highest BCUT2D eigenvalue weighted by atomic mass is 16.5. The predicted octanol–water partition coefficient (Wildman–Crippen LogP) is 4.15. The largest absolute Gasteiger partial charge is 0.497 e. The molecule has 1 aromatic heterocycles. The lowest BCUT2D eigenvalue weighted by Gasteiger charge is -2.15. The van der Waals surface area contributed by atoms with Crippen LogP contribution >= 0.6 is 0 Å². The maximum absolute atomic E-state index is 5.70. The van der Waals surface area contributed by atoms with Crippen molar-refractivity contribution >= 4 is 11.8 Å². The molecule has 1 atom stereocenters. The van der Waals surface area contributed by atoms with Crippen LogP contribution in [0.15, 0.2) is 66.9 Å². The van der Waals surface area contributed by atoms with E-state index in [1.807, 2.05) is 48.5 Å². The van der Waals surface area contributed by atoms with Crippen molar-refractivity contribution in [2.45, 2.75) is 13.0 Å². The molecule has 0 aliphatic carbocycles. The number of hydrogen-bond donors (Lipinski definition) is 2. The minimum atomic E-state index is 0.125. The van der Waals surface area contributed by atoms with Gasteiger partial charge in [-0.3, -0.25) is 0 Å². The van der Waals surface area contributed by atoms with E-state index in [4.69, 9.17) is 9.47 Å². The number of ether oxygens (including phenoxy) is 2. The number of rotatable bonds is 9. The number of nitrogens with zero attached hydrogens (tertiary/aromatic N) is 2. The summed E-state index contributed by atoms with van der Waals surface area (Å²) >= 11 is 0. The summed E-state index contributed by atoms with van der Waals surface area (Å²) in [6.07, 6.45) is 1.74. The standard InChI is InChI=1S/C21H24N4O2/c1-16(17-6-4-3-5-7-17)24-21-23-13-12-20(25-21)22-14-15-27-19-10-8-18(26-2)9-11-19/h3-13,16H,14-15H2,1-2H3,(H2,22,23,24,25). The van der Waals surface area contributed by atoms with Crippen molar-refractivity contribution < 1.29 is 9.47 Å². The van der Waals surface area contributed by atoms with Crippen LogP contribution in [-0.4, -0.2) is 30.2 Å². The van der Waals surface area contributed by atoms with Crippen LogP contribution in [0.4, 0.5) is 11.8 Å². The van der Waals surface area contributed by atoms with Gasteiger partial charge < -0.3 is 20.1 Å². The van der Waals surface area contributed by atoms with Gasteiger partial charge in [0.05, 0.1) is 19.7 Å². The van der Waals surface area contributed by atoms with Crippen LogP contribution in [0, 0.1) is 0 Å². The molecule has 6 nitrogen and oxygen atoms in total. The summed E-state index contributed by atoms with van der Waals surface area (Å²) < 4.78 is 10.8. The van der Waals surface area contributed by atoms with Crippen LogP contribution in [0.5, 0.6) is 11.5 Å². The molecule has 0 aliphatic heterocycles. The third-order valence-corrected chi connectivity index (χ3v) is 4.04. The van der Waals surface area contributed by atoms with E-state index in [0.717, 1.165) is 17.3 Å². The van der Waals surface area contributed by atoms with Gasteiger partial charge in [-0.15, -0.1) is 0 Å². The van der Waals surface area contributed by atoms with Crippen LogP contribution in [0.3, 0.4) is 0 Å². The van der Waals surface area contributed by atoms with Crippen LogP contribution in [0.1, 0.15) is 18.5 Å². The topological polar surface area (TPSA) is 68.3 Å². The van der Waals surface area contributed by atoms with Crippen LogP contribution in [0.2, 0.25) is 0 Å². The smallest absolute Gasteiger partial charge is 0.225 e. The Morgan fingerprint density at radius 2 is 1.70 bits per heavy atom. The van der Waals surface area contributed by atoms with Gasteiger partial charge in [0.1, 0.15) is 23.9 Å². The number of nitrogens with one attached hydrogen (secondary N) is 2. The Bertz CT molecular complexity index is 825. The summed E-state index contributed by atoms with van der Waals surface area (Å²) in [7, 11) is 1.64. The first kappa shape index (κ1) is 18.5. The molecule has 6 heteroatoms. The Balaban J connectivity index is 1.47. The maximum Gasteiger partial charge on any atom is 0.225 e. The molecule has 0 fully saturated rings. The second-order valence-electron chi connectivity index (χ2n) is 5.99. The van der Waals surface area contributed by atoms with E-state index < -0.39 is 0 Å². The molecule has 140 valence electrons. The summed E-state index contributed by atoms with van der Waals surface area (Å²) in [5.41, 5.74) is 1.19. The fraction of sp³-hybridized carbons (Fsp3) is 0.238. The predicted molar refractivity (Wildman–Crippen MR) is 107 cm³/mol. The highest BCUT2D eigenvalue weighted by Gasteiger charge is 2.07. The summed E-state index contributed by atoms with van der Waals surface area (Å²) in [4.78, 5) is 8.79. The van der Waals surface area contributed by atoms with Gasteiger partial charge in [0.25, 0.3) is 0 Å². The fourth-order valence-corrected chi connectivity index (χ4v) is 2.57. The van der Waals surface area contributed by atoms with E-state index in [2.05, 4.69) is 39.7 Å². The quantitative estimate of drug-likeness (QED) is 0.556. The van der Waals surface area contributed by atoms with Gasteiger partial charge in [-0.25, -0.2) is 4.98 Å². The summed E-state index contributed by atoms with van der Waals surface area (Å²) in [6, 6.07) is 19.7. The van der Waals surface area contributed by atoms with E-state index in [9.17, 15) is 0 Å². The van der Waals surface area contributed by atoms with Crippen LogP contribution in [-0.2, 0) is 0 Å². The Morgan fingerprint density at radius 1 is 0.963 bits per heavy atom. The molecule has 27 heavy (non-hydrogen) atoms. The Labute approximate surface area is 159 Å². The van der Waals surface area contributed by atoms with Gasteiger partial charge in [0.2, 0.25) is 5.95 Å². The minimum Gasteiger partial charge on any atom is -0.497 e. The number of hydrogen-bond acceptors (Lipinski definition) is 6. The SMILES string of the molecule is COc1ccc(OCCNc2ccnc(NC(C)c3ccccc3)n2)cc1. The van der Waals surface area contributed by atoms with Crippen molar-refractivity contribution in [3.8, 4) is 11.5 Å². The molecule has 3 aromatic rings. The second kappa shape index (κ2) is 9.43. The zero-order valence-corrected chi connectivity index (χ0v) is 15.6. The van der Waals surface area contributed by atoms with Gasteiger partial charge in [-0.2, -0.15) is 4.98 Å². The molecule has 2 N–H and O–H groups in total. The van der Waals surface area contributed by atoms with Crippen molar-refractivity contribution in [2.75, 3.05) is 30.9 Å². The van der Waals surface area contributed by atoms with E-state index in [0.29, 0.717) is 19.1 Å². The molecule has 3 rings (SSSR count). The van der Waals surface area contributed by atoms with Crippen molar-refractivity contribution in [1.82, 2.24) is 9.97 Å². The van der Waals surface area contributed by atoms with Gasteiger partial charge in [-0.05, 0) is 42.8 Å². The van der Waals surface area contributed by atoms with Gasteiger partial charge in [0.15, 0.2) is 0 Å². The molecule has 0 aliphatic rings. The molecule has 0 saturated carbocycles. The Kier molecular flexibility index (Phi) is 6.46. The van der Waals surface area contributed by atoms with Gasteiger partial charge in [-0.1, -0.05) is 30.3 Å². The number of aromatic nitrogens is 2. The Hall–Kier alpha value is -3.28. The number of anilines is 2. The maximum atomic E-state index is 5.70. The molecular weight excluding hydrogens is 340 g/mol. The lowest BCUT2D eigenvalue weighted by atomic mass is 10.1. The number of benzene rings is 2. The molecule has 0 spiro atoms. The molecule has 0 amide bonds. The number of methoxy groups -OCH3 is 1. The lowest BCUT2D eigenvalue weighted by molar-refractivity contribution is 0.331. The van der Waals surface area contributed by atoms with Gasteiger partial charge >= 0.3 is 0 Å². The highest BCUT2D eigenvalue weighted by molar-refractivity contribution is 5.41. The third-order valence-electron chi connectivity index (χ3n) is 4.04. The summed E-state index contributed by atoms with van der Waals surface area (Å²) in [5, 5.41) is 6.57. The van der Waals surface area contributed by atoms with Crippen LogP contribution < -0.4 is 20.1 Å². The first-order chi connectivity index (χ1) is 13.2. The average molecular weight is 364 g/mol. The van der Waals surface area contributed by atoms with Crippen molar-refractivity contribution in [3.63, 3.8) is 0 Å². The van der Waals surface area contributed by atoms with Crippen molar-refractivity contribution in [2.24, 2.45) is 0 Å².